The van der Waals surface area contributed by atoms with Crippen LogP contribution in [0.5, 0.6) is 0 Å². The van der Waals surface area contributed by atoms with Crippen molar-refractivity contribution in [1.29, 1.82) is 0 Å². The second-order valence-corrected chi connectivity index (χ2v) is 5.56. The summed E-state index contributed by atoms with van der Waals surface area (Å²) in [6.07, 6.45) is 0.0988. The Bertz CT molecular complexity index is 819. The monoisotopic (exact) mass is 349 g/mol. The number of aromatic amines is 1. The van der Waals surface area contributed by atoms with Gasteiger partial charge in [0.1, 0.15) is 0 Å². The minimum absolute atomic E-state index is 0.0988. The Kier molecular flexibility index (Phi) is 6.91. The van der Waals surface area contributed by atoms with Gasteiger partial charge in [0.05, 0.1) is 30.5 Å². The Labute approximate surface area is 144 Å². The number of aromatic nitrogens is 2. The highest BCUT2D eigenvalue weighted by Gasteiger charge is 2.14. The topological polar surface area (TPSA) is 93.6 Å². The summed E-state index contributed by atoms with van der Waals surface area (Å²) in [6.45, 7) is 1.84. The van der Waals surface area contributed by atoms with Gasteiger partial charge in [-0.1, -0.05) is 12.1 Å². The number of carbonyl (C=O) groups is 1. The van der Waals surface area contributed by atoms with E-state index in [0.29, 0.717) is 37.1 Å². The third kappa shape index (κ3) is 4.77. The SMILES string of the molecule is COCCN(CCOC)C(=O)CCn1[nH]c(=O)c2ccccc2c1=O. The number of amides is 1. The first-order valence-electron chi connectivity index (χ1n) is 8.06. The molecular formula is C17H23N3O5. The summed E-state index contributed by atoms with van der Waals surface area (Å²) < 4.78 is 11.2. The van der Waals surface area contributed by atoms with Gasteiger partial charge in [0.25, 0.3) is 11.1 Å². The number of hydrogen-bond acceptors (Lipinski definition) is 5. The van der Waals surface area contributed by atoms with Gasteiger partial charge in [-0.25, -0.2) is 4.68 Å². The number of methoxy groups -OCH3 is 2. The molecule has 0 saturated heterocycles. The lowest BCUT2D eigenvalue weighted by Gasteiger charge is -2.22. The average molecular weight is 349 g/mol. The molecule has 0 fully saturated rings. The Morgan fingerprint density at radius 2 is 1.68 bits per heavy atom. The lowest BCUT2D eigenvalue weighted by Crippen LogP contribution is -2.38. The molecule has 1 aromatic heterocycles. The van der Waals surface area contributed by atoms with Crippen LogP contribution in [0.1, 0.15) is 6.42 Å². The molecule has 0 radical (unpaired) electrons. The van der Waals surface area contributed by atoms with E-state index in [4.69, 9.17) is 9.47 Å². The van der Waals surface area contributed by atoms with Gasteiger partial charge in [0.2, 0.25) is 5.91 Å². The smallest absolute Gasteiger partial charge is 0.273 e. The Morgan fingerprint density at radius 1 is 1.08 bits per heavy atom. The largest absolute Gasteiger partial charge is 0.383 e. The molecule has 1 amide bonds. The van der Waals surface area contributed by atoms with Gasteiger partial charge in [0, 0.05) is 33.7 Å². The first-order valence-corrected chi connectivity index (χ1v) is 8.06. The highest BCUT2D eigenvalue weighted by atomic mass is 16.5. The summed E-state index contributed by atoms with van der Waals surface area (Å²) >= 11 is 0. The van der Waals surface area contributed by atoms with Crippen molar-refractivity contribution >= 4 is 16.7 Å². The summed E-state index contributed by atoms with van der Waals surface area (Å²) in [5.41, 5.74) is -0.665. The van der Waals surface area contributed by atoms with Crippen molar-refractivity contribution in [3.8, 4) is 0 Å². The average Bonchev–Trinajstić information content (AvgIpc) is 2.63. The lowest BCUT2D eigenvalue weighted by molar-refractivity contribution is -0.132. The van der Waals surface area contributed by atoms with Crippen molar-refractivity contribution in [3.05, 3.63) is 45.0 Å². The predicted octanol–water partition coefficient (Wildman–Crippen LogP) is 0.201. The van der Waals surface area contributed by atoms with Crippen molar-refractivity contribution in [3.63, 3.8) is 0 Å². The summed E-state index contributed by atoms with van der Waals surface area (Å²) in [5.74, 6) is -0.130. The molecule has 1 N–H and O–H groups in total. The highest BCUT2D eigenvalue weighted by molar-refractivity contribution is 5.80. The number of hydrogen-bond donors (Lipinski definition) is 1. The van der Waals surface area contributed by atoms with Gasteiger partial charge in [-0.05, 0) is 12.1 Å². The molecule has 8 nitrogen and oxygen atoms in total. The van der Waals surface area contributed by atoms with Gasteiger partial charge < -0.3 is 14.4 Å². The standard InChI is InChI=1S/C17H23N3O5/c1-24-11-9-19(10-12-25-2)15(21)7-8-20-17(23)14-6-4-3-5-13(14)16(22)18-20/h3-6H,7-12H2,1-2H3,(H,18,22). The fraction of sp³-hybridized carbons (Fsp3) is 0.471. The minimum Gasteiger partial charge on any atom is -0.383 e. The van der Waals surface area contributed by atoms with Crippen molar-refractivity contribution in [2.45, 2.75) is 13.0 Å². The number of nitrogens with one attached hydrogen (secondary N) is 1. The Hall–Kier alpha value is -2.45. The molecule has 2 rings (SSSR count). The number of fused-ring (bicyclic) bond motifs is 1. The van der Waals surface area contributed by atoms with Crippen LogP contribution in [0, 0.1) is 0 Å². The molecule has 0 aliphatic rings. The summed E-state index contributed by atoms with van der Waals surface area (Å²) in [5, 5.41) is 3.21. The van der Waals surface area contributed by atoms with Crippen LogP contribution in [0.25, 0.3) is 10.8 Å². The molecule has 1 heterocycles. The van der Waals surface area contributed by atoms with E-state index >= 15 is 0 Å². The van der Waals surface area contributed by atoms with Crippen LogP contribution in [-0.4, -0.2) is 61.1 Å². The summed E-state index contributed by atoms with van der Waals surface area (Å²) in [4.78, 5) is 38.5. The molecule has 0 unspecified atom stereocenters. The molecule has 0 aliphatic carbocycles. The van der Waals surface area contributed by atoms with Crippen LogP contribution in [0.4, 0.5) is 0 Å². The molecule has 2 aromatic rings. The number of H-pyrrole nitrogens is 1. The van der Waals surface area contributed by atoms with Crippen LogP contribution < -0.4 is 11.1 Å². The van der Waals surface area contributed by atoms with Gasteiger partial charge in [-0.3, -0.25) is 19.5 Å². The normalized spacial score (nSPS) is 11.0. The molecule has 25 heavy (non-hydrogen) atoms. The Morgan fingerprint density at radius 3 is 2.28 bits per heavy atom. The Balaban J connectivity index is 2.12. The fourth-order valence-electron chi connectivity index (χ4n) is 2.53. The number of carbonyl (C=O) groups excluding carboxylic acids is 1. The lowest BCUT2D eigenvalue weighted by atomic mass is 10.2. The third-order valence-corrected chi connectivity index (χ3v) is 3.92. The van der Waals surface area contributed by atoms with E-state index in [1.54, 1.807) is 43.4 Å². The zero-order valence-electron chi connectivity index (χ0n) is 14.5. The number of rotatable bonds is 9. The maximum absolute atomic E-state index is 12.4. The number of benzene rings is 1. The van der Waals surface area contributed by atoms with Crippen molar-refractivity contribution in [2.24, 2.45) is 0 Å². The molecule has 8 heteroatoms. The molecule has 1 aromatic carbocycles. The molecule has 0 bridgehead atoms. The minimum atomic E-state index is -0.349. The molecule has 0 aliphatic heterocycles. The van der Waals surface area contributed by atoms with Crippen LogP contribution in [-0.2, 0) is 20.8 Å². The summed E-state index contributed by atoms with van der Waals surface area (Å²) in [6, 6.07) is 6.61. The van der Waals surface area contributed by atoms with E-state index in [1.807, 2.05) is 0 Å². The zero-order chi connectivity index (χ0) is 18.2. The first kappa shape index (κ1) is 18.9. The first-order chi connectivity index (χ1) is 12.1. The molecular weight excluding hydrogens is 326 g/mol. The van der Waals surface area contributed by atoms with Gasteiger partial charge in [-0.2, -0.15) is 0 Å². The fourth-order valence-corrected chi connectivity index (χ4v) is 2.53. The number of nitrogens with zero attached hydrogens (tertiary/aromatic N) is 2. The van der Waals surface area contributed by atoms with E-state index in [1.165, 1.54) is 4.68 Å². The maximum Gasteiger partial charge on any atom is 0.273 e. The zero-order valence-corrected chi connectivity index (χ0v) is 14.5. The van der Waals surface area contributed by atoms with Crippen LogP contribution >= 0.6 is 0 Å². The second kappa shape index (κ2) is 9.14. The highest BCUT2D eigenvalue weighted by Crippen LogP contribution is 2.03. The van der Waals surface area contributed by atoms with Crippen LogP contribution in [0.3, 0.4) is 0 Å². The van der Waals surface area contributed by atoms with Crippen LogP contribution in [0.15, 0.2) is 33.9 Å². The van der Waals surface area contributed by atoms with Crippen molar-refractivity contribution < 1.29 is 14.3 Å². The number of aryl methyl sites for hydroxylation is 1. The molecule has 0 spiro atoms. The van der Waals surface area contributed by atoms with E-state index < -0.39 is 0 Å². The van der Waals surface area contributed by atoms with Crippen molar-refractivity contribution in [1.82, 2.24) is 14.7 Å². The van der Waals surface area contributed by atoms with Gasteiger partial charge >= 0.3 is 0 Å². The molecule has 0 atom stereocenters. The van der Waals surface area contributed by atoms with Gasteiger partial charge in [0.15, 0.2) is 0 Å². The van der Waals surface area contributed by atoms with E-state index in [0.717, 1.165) is 0 Å². The predicted molar refractivity (Wildman–Crippen MR) is 93.8 cm³/mol. The molecule has 136 valence electrons. The maximum atomic E-state index is 12.4. The summed E-state index contributed by atoms with van der Waals surface area (Å²) in [7, 11) is 3.14. The van der Waals surface area contributed by atoms with E-state index in [9.17, 15) is 14.4 Å². The van der Waals surface area contributed by atoms with Crippen molar-refractivity contribution in [2.75, 3.05) is 40.5 Å². The van der Waals surface area contributed by atoms with E-state index in [2.05, 4.69) is 5.10 Å². The third-order valence-electron chi connectivity index (χ3n) is 3.92. The van der Waals surface area contributed by atoms with Crippen LogP contribution in [0.2, 0.25) is 0 Å². The molecule has 0 saturated carbocycles. The second-order valence-electron chi connectivity index (χ2n) is 5.56. The number of ether oxygens (including phenoxy) is 2. The van der Waals surface area contributed by atoms with E-state index in [-0.39, 0.29) is 30.0 Å². The quantitative estimate of drug-likeness (QED) is 0.698. The van der Waals surface area contributed by atoms with Gasteiger partial charge in [-0.15, -0.1) is 0 Å².